The maximum atomic E-state index is 12.8. The Morgan fingerprint density at radius 3 is 2.68 bits per heavy atom. The summed E-state index contributed by atoms with van der Waals surface area (Å²) >= 11 is 1.46. The Morgan fingerprint density at radius 1 is 1.18 bits per heavy atom. The molecule has 2 heterocycles. The summed E-state index contributed by atoms with van der Waals surface area (Å²) in [5.74, 6) is -0.126. The molecule has 2 aromatic carbocycles. The smallest absolute Gasteiger partial charge is 0.255 e. The SMILES string of the molecule is Cc1cc(N2CCN(C)CC2)ccc1C(=O)Nc1ccc2sc(CO)nc2c1. The molecule has 0 atom stereocenters. The predicted octanol–water partition coefficient (Wildman–Crippen LogP) is 3.10. The Hall–Kier alpha value is -2.48. The van der Waals surface area contributed by atoms with Crippen molar-refractivity contribution >= 4 is 38.8 Å². The van der Waals surface area contributed by atoms with Crippen LogP contribution in [0.3, 0.4) is 0 Å². The van der Waals surface area contributed by atoms with Gasteiger partial charge in [-0.3, -0.25) is 4.79 Å². The largest absolute Gasteiger partial charge is 0.389 e. The van der Waals surface area contributed by atoms with Crippen LogP contribution in [0.2, 0.25) is 0 Å². The number of rotatable bonds is 4. The van der Waals surface area contributed by atoms with Crippen molar-refractivity contribution in [2.45, 2.75) is 13.5 Å². The van der Waals surface area contributed by atoms with Crippen LogP contribution >= 0.6 is 11.3 Å². The number of piperazine rings is 1. The number of hydrogen-bond acceptors (Lipinski definition) is 6. The number of benzene rings is 2. The molecule has 0 spiro atoms. The van der Waals surface area contributed by atoms with Crippen LogP contribution < -0.4 is 10.2 Å². The molecular weight excluding hydrogens is 372 g/mol. The molecule has 0 radical (unpaired) electrons. The van der Waals surface area contributed by atoms with Crippen LogP contribution in [0.5, 0.6) is 0 Å². The van der Waals surface area contributed by atoms with Crippen molar-refractivity contribution in [2.75, 3.05) is 43.4 Å². The van der Waals surface area contributed by atoms with Crippen molar-refractivity contribution in [1.29, 1.82) is 0 Å². The summed E-state index contributed by atoms with van der Waals surface area (Å²) in [7, 11) is 2.14. The number of aliphatic hydroxyl groups excluding tert-OH is 1. The minimum absolute atomic E-state index is 0.0696. The van der Waals surface area contributed by atoms with E-state index in [0.717, 1.165) is 42.0 Å². The zero-order chi connectivity index (χ0) is 19.7. The summed E-state index contributed by atoms with van der Waals surface area (Å²) in [6.45, 7) is 6.03. The Bertz CT molecular complexity index is 1010. The number of carbonyl (C=O) groups excluding carboxylic acids is 1. The van der Waals surface area contributed by atoms with E-state index in [1.165, 1.54) is 17.0 Å². The van der Waals surface area contributed by atoms with Gasteiger partial charge in [0.15, 0.2) is 0 Å². The topological polar surface area (TPSA) is 68.7 Å². The molecule has 1 aliphatic rings. The van der Waals surface area contributed by atoms with Gasteiger partial charge in [-0.05, 0) is 55.9 Å². The highest BCUT2D eigenvalue weighted by Gasteiger charge is 2.17. The van der Waals surface area contributed by atoms with Crippen LogP contribution in [0.4, 0.5) is 11.4 Å². The lowest BCUT2D eigenvalue weighted by Crippen LogP contribution is -2.44. The zero-order valence-electron chi connectivity index (χ0n) is 16.1. The van der Waals surface area contributed by atoms with Crippen LogP contribution in [0.25, 0.3) is 10.2 Å². The van der Waals surface area contributed by atoms with Gasteiger partial charge in [0, 0.05) is 43.1 Å². The van der Waals surface area contributed by atoms with E-state index in [4.69, 9.17) is 0 Å². The number of nitrogens with zero attached hydrogens (tertiary/aromatic N) is 3. The molecule has 3 aromatic rings. The maximum Gasteiger partial charge on any atom is 0.255 e. The first kappa shape index (κ1) is 18.9. The lowest BCUT2D eigenvalue weighted by molar-refractivity contribution is 0.102. The number of carbonyl (C=O) groups is 1. The fourth-order valence-corrected chi connectivity index (χ4v) is 4.29. The third kappa shape index (κ3) is 3.87. The van der Waals surface area contributed by atoms with E-state index < -0.39 is 0 Å². The number of nitrogens with one attached hydrogen (secondary N) is 1. The summed E-state index contributed by atoms with van der Waals surface area (Å²) in [5, 5.41) is 12.9. The number of hydrogen-bond donors (Lipinski definition) is 2. The van der Waals surface area contributed by atoms with Crippen LogP contribution in [-0.4, -0.2) is 54.1 Å². The summed E-state index contributed by atoms with van der Waals surface area (Å²) < 4.78 is 0.995. The van der Waals surface area contributed by atoms with Gasteiger partial charge >= 0.3 is 0 Å². The molecule has 146 valence electrons. The Kier molecular flexibility index (Phi) is 5.30. The molecule has 28 heavy (non-hydrogen) atoms. The van der Waals surface area contributed by atoms with Crippen LogP contribution in [-0.2, 0) is 6.61 Å². The van der Waals surface area contributed by atoms with E-state index in [1.807, 2.05) is 37.3 Å². The molecule has 4 rings (SSSR count). The second-order valence-electron chi connectivity index (χ2n) is 7.19. The van der Waals surface area contributed by atoms with Gasteiger partial charge in [0.1, 0.15) is 5.01 Å². The van der Waals surface area contributed by atoms with Gasteiger partial charge in [-0.15, -0.1) is 11.3 Å². The molecule has 0 bridgehead atoms. The standard InChI is InChI=1S/C21H24N4O2S/c1-14-11-16(25-9-7-24(2)8-10-25)4-5-17(14)21(27)22-15-3-6-19-18(12-15)23-20(13-26)28-19/h3-6,11-12,26H,7-10,13H2,1-2H3,(H,22,27). The molecule has 1 fully saturated rings. The van der Waals surface area contributed by atoms with E-state index in [1.54, 1.807) is 0 Å². The van der Waals surface area contributed by atoms with Crippen LogP contribution in [0.1, 0.15) is 20.9 Å². The van der Waals surface area contributed by atoms with Crippen LogP contribution in [0.15, 0.2) is 36.4 Å². The highest BCUT2D eigenvalue weighted by molar-refractivity contribution is 7.18. The van der Waals surface area contributed by atoms with E-state index in [9.17, 15) is 9.90 Å². The van der Waals surface area contributed by atoms with Crippen molar-refractivity contribution in [1.82, 2.24) is 9.88 Å². The molecule has 0 unspecified atom stereocenters. The number of amides is 1. The molecule has 1 amide bonds. The highest BCUT2D eigenvalue weighted by atomic mass is 32.1. The molecule has 6 nitrogen and oxygen atoms in total. The summed E-state index contributed by atoms with van der Waals surface area (Å²) in [4.78, 5) is 21.8. The fourth-order valence-electron chi connectivity index (χ4n) is 3.48. The minimum Gasteiger partial charge on any atom is -0.389 e. The summed E-state index contributed by atoms with van der Waals surface area (Å²) in [5.41, 5.74) is 4.30. The van der Waals surface area contributed by atoms with Gasteiger partial charge in [-0.1, -0.05) is 0 Å². The minimum atomic E-state index is -0.126. The lowest BCUT2D eigenvalue weighted by atomic mass is 10.1. The normalized spacial score (nSPS) is 15.2. The number of thiazole rings is 1. The molecule has 1 saturated heterocycles. The second-order valence-corrected chi connectivity index (χ2v) is 8.31. The van der Waals surface area contributed by atoms with E-state index in [-0.39, 0.29) is 12.5 Å². The molecule has 7 heteroatoms. The average Bonchev–Trinajstić information content (AvgIpc) is 3.11. The summed E-state index contributed by atoms with van der Waals surface area (Å²) in [6, 6.07) is 11.7. The van der Waals surface area contributed by atoms with E-state index in [2.05, 4.69) is 33.2 Å². The monoisotopic (exact) mass is 396 g/mol. The van der Waals surface area contributed by atoms with Crippen molar-refractivity contribution in [2.24, 2.45) is 0 Å². The molecule has 1 aliphatic heterocycles. The predicted molar refractivity (Wildman–Crippen MR) is 114 cm³/mol. The van der Waals surface area contributed by atoms with Crippen LogP contribution in [0, 0.1) is 6.92 Å². The van der Waals surface area contributed by atoms with Gasteiger partial charge in [0.05, 0.1) is 16.8 Å². The van der Waals surface area contributed by atoms with Gasteiger partial charge in [0.25, 0.3) is 5.91 Å². The molecule has 2 N–H and O–H groups in total. The first-order chi connectivity index (χ1) is 13.5. The second kappa shape index (κ2) is 7.87. The van der Waals surface area contributed by atoms with Crippen molar-refractivity contribution in [3.63, 3.8) is 0 Å². The summed E-state index contributed by atoms with van der Waals surface area (Å²) in [6.07, 6.45) is 0. The lowest BCUT2D eigenvalue weighted by Gasteiger charge is -2.34. The molecular formula is C21H24N4O2S. The molecule has 1 aromatic heterocycles. The first-order valence-corrected chi connectivity index (χ1v) is 10.2. The van der Waals surface area contributed by atoms with Crippen molar-refractivity contribution in [3.05, 3.63) is 52.5 Å². The number of aryl methyl sites for hydroxylation is 1. The van der Waals surface area contributed by atoms with Crippen molar-refractivity contribution < 1.29 is 9.90 Å². The fraction of sp³-hybridized carbons (Fsp3) is 0.333. The number of anilines is 2. The van der Waals surface area contributed by atoms with Gasteiger partial charge < -0.3 is 20.2 Å². The van der Waals surface area contributed by atoms with Gasteiger partial charge in [-0.2, -0.15) is 0 Å². The number of aliphatic hydroxyl groups is 1. The number of fused-ring (bicyclic) bond motifs is 1. The first-order valence-electron chi connectivity index (χ1n) is 9.39. The number of aromatic nitrogens is 1. The third-order valence-electron chi connectivity index (χ3n) is 5.15. The third-order valence-corrected chi connectivity index (χ3v) is 6.17. The van der Waals surface area contributed by atoms with E-state index >= 15 is 0 Å². The zero-order valence-corrected chi connectivity index (χ0v) is 16.9. The van der Waals surface area contributed by atoms with Gasteiger partial charge in [-0.25, -0.2) is 4.98 Å². The van der Waals surface area contributed by atoms with E-state index in [0.29, 0.717) is 16.3 Å². The quantitative estimate of drug-likeness (QED) is 0.709. The molecule has 0 aliphatic carbocycles. The Labute approximate surface area is 168 Å². The Balaban J connectivity index is 1.50. The maximum absolute atomic E-state index is 12.8. The Morgan fingerprint density at radius 2 is 1.96 bits per heavy atom. The average molecular weight is 397 g/mol. The molecule has 0 saturated carbocycles. The van der Waals surface area contributed by atoms with Gasteiger partial charge in [0.2, 0.25) is 0 Å². The number of likely N-dealkylation sites (N-methyl/N-ethyl adjacent to an activating group) is 1. The highest BCUT2D eigenvalue weighted by Crippen LogP contribution is 2.26. The van der Waals surface area contributed by atoms with Crippen molar-refractivity contribution in [3.8, 4) is 0 Å².